The number of nitrogens with one attached hydrogen (secondary N) is 3. The van der Waals surface area contributed by atoms with Crippen molar-refractivity contribution in [1.29, 1.82) is 0 Å². The van der Waals surface area contributed by atoms with Crippen molar-refractivity contribution in [2.24, 2.45) is 0 Å². The molecule has 0 radical (unpaired) electrons. The number of nitrogens with zero attached hydrogens (tertiary/aromatic N) is 3. The zero-order chi connectivity index (χ0) is 15.6. The van der Waals surface area contributed by atoms with E-state index in [0.717, 1.165) is 42.5 Å². The summed E-state index contributed by atoms with van der Waals surface area (Å²) in [5, 5.41) is 7.28. The van der Waals surface area contributed by atoms with Gasteiger partial charge in [0.05, 0.1) is 27.9 Å². The summed E-state index contributed by atoms with van der Waals surface area (Å²) in [6.07, 6.45) is 7.57. The molecule has 3 aromatic rings. The molecule has 3 aromatic heterocycles. The number of hydrogen-bond donors (Lipinski definition) is 3. The number of rotatable bonds is 3. The molecule has 118 valence electrons. The quantitative estimate of drug-likeness (QED) is 0.689. The van der Waals surface area contributed by atoms with E-state index in [1.54, 1.807) is 12.4 Å². The Morgan fingerprint density at radius 1 is 1.30 bits per heavy atom. The second-order valence-corrected chi connectivity index (χ2v) is 6.09. The molecule has 0 aliphatic carbocycles. The van der Waals surface area contributed by atoms with Crippen LogP contribution in [0.3, 0.4) is 0 Å². The number of pyridine rings is 1. The van der Waals surface area contributed by atoms with Crippen LogP contribution in [0, 0.1) is 0 Å². The van der Waals surface area contributed by atoms with Gasteiger partial charge in [-0.15, -0.1) is 0 Å². The zero-order valence-electron chi connectivity index (χ0n) is 12.5. The Morgan fingerprint density at radius 3 is 3.13 bits per heavy atom. The fraction of sp³-hybridized carbons (Fsp3) is 0.312. The van der Waals surface area contributed by atoms with Crippen molar-refractivity contribution in [1.82, 2.24) is 25.3 Å². The Morgan fingerprint density at radius 2 is 2.26 bits per heavy atom. The van der Waals surface area contributed by atoms with Crippen molar-refractivity contribution in [3.8, 4) is 11.3 Å². The van der Waals surface area contributed by atoms with E-state index in [0.29, 0.717) is 22.7 Å². The monoisotopic (exact) mass is 328 g/mol. The SMILES string of the molecule is Clc1cnc(N[C@H]2CCCNC2)nc1-c1c[nH]c2cccnc12. The molecule has 6 nitrogen and oxygen atoms in total. The minimum Gasteiger partial charge on any atom is -0.359 e. The second-order valence-electron chi connectivity index (χ2n) is 5.68. The highest BCUT2D eigenvalue weighted by molar-refractivity contribution is 6.33. The number of anilines is 1. The lowest BCUT2D eigenvalue weighted by Gasteiger charge is -2.23. The van der Waals surface area contributed by atoms with Crippen LogP contribution in [0.25, 0.3) is 22.3 Å². The van der Waals surface area contributed by atoms with Gasteiger partial charge in [-0.05, 0) is 31.5 Å². The average molecular weight is 329 g/mol. The van der Waals surface area contributed by atoms with Gasteiger partial charge in [-0.2, -0.15) is 0 Å². The van der Waals surface area contributed by atoms with Crippen molar-refractivity contribution in [3.05, 3.63) is 35.7 Å². The molecular formula is C16H17ClN6. The van der Waals surface area contributed by atoms with Crippen LogP contribution in [-0.2, 0) is 0 Å². The molecule has 0 spiro atoms. The lowest BCUT2D eigenvalue weighted by molar-refractivity contribution is 0.478. The summed E-state index contributed by atoms with van der Waals surface area (Å²) in [6.45, 7) is 2.00. The first-order valence-electron chi connectivity index (χ1n) is 7.73. The number of halogens is 1. The van der Waals surface area contributed by atoms with Crippen LogP contribution in [0.15, 0.2) is 30.7 Å². The Labute approximate surface area is 138 Å². The minimum absolute atomic E-state index is 0.346. The Balaban J connectivity index is 1.69. The Hall–Kier alpha value is -2.18. The second kappa shape index (κ2) is 6.14. The van der Waals surface area contributed by atoms with E-state index >= 15 is 0 Å². The van der Waals surface area contributed by atoms with Gasteiger partial charge in [0, 0.05) is 30.5 Å². The van der Waals surface area contributed by atoms with Crippen molar-refractivity contribution in [2.75, 3.05) is 18.4 Å². The summed E-state index contributed by atoms with van der Waals surface area (Å²) < 4.78 is 0. The average Bonchev–Trinajstić information content (AvgIpc) is 3.01. The summed E-state index contributed by atoms with van der Waals surface area (Å²) in [7, 11) is 0. The third-order valence-electron chi connectivity index (χ3n) is 4.06. The number of H-pyrrole nitrogens is 1. The molecule has 4 heterocycles. The Bertz CT molecular complexity index is 824. The predicted molar refractivity (Wildman–Crippen MR) is 91.6 cm³/mol. The van der Waals surface area contributed by atoms with Crippen LogP contribution in [0.4, 0.5) is 5.95 Å². The fourth-order valence-electron chi connectivity index (χ4n) is 2.92. The van der Waals surface area contributed by atoms with Crippen molar-refractivity contribution >= 4 is 28.6 Å². The minimum atomic E-state index is 0.346. The normalized spacial score (nSPS) is 18.2. The molecule has 1 saturated heterocycles. The maximum atomic E-state index is 6.32. The van der Waals surface area contributed by atoms with Crippen LogP contribution >= 0.6 is 11.6 Å². The molecule has 23 heavy (non-hydrogen) atoms. The lowest BCUT2D eigenvalue weighted by Crippen LogP contribution is -2.38. The van der Waals surface area contributed by atoms with E-state index in [-0.39, 0.29) is 0 Å². The largest absolute Gasteiger partial charge is 0.359 e. The first-order chi connectivity index (χ1) is 11.3. The van der Waals surface area contributed by atoms with Crippen molar-refractivity contribution < 1.29 is 0 Å². The molecule has 1 aliphatic heterocycles. The van der Waals surface area contributed by atoms with Gasteiger partial charge in [-0.1, -0.05) is 11.6 Å². The highest BCUT2D eigenvalue weighted by Crippen LogP contribution is 2.31. The van der Waals surface area contributed by atoms with Crippen molar-refractivity contribution in [2.45, 2.75) is 18.9 Å². The summed E-state index contributed by atoms with van der Waals surface area (Å²) in [5.74, 6) is 0.600. The standard InChI is InChI=1S/C16H17ClN6/c17-12-9-21-16(22-10-3-1-5-18-7-10)23-14(12)11-8-20-13-4-2-6-19-15(11)13/h2,4,6,8-10,18,20H,1,3,5,7H2,(H,21,22,23)/t10-/m0/s1. The molecule has 1 fully saturated rings. The molecule has 1 aliphatic rings. The first-order valence-corrected chi connectivity index (χ1v) is 8.11. The van der Waals surface area contributed by atoms with Gasteiger partial charge in [-0.25, -0.2) is 9.97 Å². The number of fused-ring (bicyclic) bond motifs is 1. The topological polar surface area (TPSA) is 78.5 Å². The highest BCUT2D eigenvalue weighted by atomic mass is 35.5. The van der Waals surface area contributed by atoms with E-state index < -0.39 is 0 Å². The number of hydrogen-bond acceptors (Lipinski definition) is 5. The summed E-state index contributed by atoms with van der Waals surface area (Å²) in [5.41, 5.74) is 3.40. The van der Waals surface area contributed by atoms with Crippen molar-refractivity contribution in [3.63, 3.8) is 0 Å². The zero-order valence-corrected chi connectivity index (χ0v) is 13.3. The van der Waals surface area contributed by atoms with E-state index in [2.05, 4.69) is 30.6 Å². The van der Waals surface area contributed by atoms with Gasteiger partial charge in [0.2, 0.25) is 5.95 Å². The molecular weight excluding hydrogens is 312 g/mol. The van der Waals surface area contributed by atoms with Gasteiger partial charge >= 0.3 is 0 Å². The predicted octanol–water partition coefficient (Wildman–Crippen LogP) is 2.84. The van der Waals surface area contributed by atoms with E-state index in [9.17, 15) is 0 Å². The van der Waals surface area contributed by atoms with E-state index in [1.807, 2.05) is 18.3 Å². The lowest BCUT2D eigenvalue weighted by atomic mass is 10.1. The molecule has 0 saturated carbocycles. The van der Waals surface area contributed by atoms with Gasteiger partial charge in [0.15, 0.2) is 0 Å². The van der Waals surface area contributed by atoms with Crippen LogP contribution < -0.4 is 10.6 Å². The van der Waals surface area contributed by atoms with Crippen LogP contribution in [0.2, 0.25) is 5.02 Å². The molecule has 0 aromatic carbocycles. The number of aromatic nitrogens is 4. The first kappa shape index (κ1) is 14.4. The third kappa shape index (κ3) is 2.87. The van der Waals surface area contributed by atoms with Gasteiger partial charge < -0.3 is 15.6 Å². The molecule has 0 unspecified atom stereocenters. The van der Waals surface area contributed by atoms with Crippen LogP contribution in [0.1, 0.15) is 12.8 Å². The fourth-order valence-corrected chi connectivity index (χ4v) is 3.11. The molecule has 1 atom stereocenters. The van der Waals surface area contributed by atoms with Crippen LogP contribution in [0.5, 0.6) is 0 Å². The highest BCUT2D eigenvalue weighted by Gasteiger charge is 2.17. The van der Waals surface area contributed by atoms with Gasteiger partial charge in [-0.3, -0.25) is 4.98 Å². The van der Waals surface area contributed by atoms with Crippen LogP contribution in [-0.4, -0.2) is 39.1 Å². The molecule has 0 bridgehead atoms. The molecule has 7 heteroatoms. The van der Waals surface area contributed by atoms with Gasteiger partial charge in [0.1, 0.15) is 0 Å². The summed E-state index contributed by atoms with van der Waals surface area (Å²) in [6, 6.07) is 4.22. The van der Waals surface area contributed by atoms with E-state index in [1.165, 1.54) is 0 Å². The molecule has 3 N–H and O–H groups in total. The smallest absolute Gasteiger partial charge is 0.223 e. The maximum absolute atomic E-state index is 6.32. The molecule has 4 rings (SSSR count). The third-order valence-corrected chi connectivity index (χ3v) is 4.34. The van der Waals surface area contributed by atoms with Gasteiger partial charge in [0.25, 0.3) is 0 Å². The summed E-state index contributed by atoms with van der Waals surface area (Å²) in [4.78, 5) is 16.6. The summed E-state index contributed by atoms with van der Waals surface area (Å²) >= 11 is 6.32. The molecule has 0 amide bonds. The number of aromatic amines is 1. The number of piperidine rings is 1. The maximum Gasteiger partial charge on any atom is 0.223 e. The van der Waals surface area contributed by atoms with E-state index in [4.69, 9.17) is 11.6 Å². The Kier molecular flexibility index (Phi) is 3.85.